The maximum atomic E-state index is 12.6. The summed E-state index contributed by atoms with van der Waals surface area (Å²) in [5.74, 6) is -1.49. The highest BCUT2D eigenvalue weighted by atomic mass is 35.5. The van der Waals surface area contributed by atoms with Gasteiger partial charge in [-0.25, -0.2) is 9.18 Å². The first-order chi connectivity index (χ1) is 5.11. The van der Waals surface area contributed by atoms with Crippen molar-refractivity contribution in [1.29, 1.82) is 0 Å². The van der Waals surface area contributed by atoms with Gasteiger partial charge in [0.1, 0.15) is 0 Å². The predicted octanol–water partition coefficient (Wildman–Crippen LogP) is 2.50. The second-order valence-electron chi connectivity index (χ2n) is 1.88. The summed E-state index contributed by atoms with van der Waals surface area (Å²) in [6, 6.07) is 1.31. The van der Waals surface area contributed by atoms with Gasteiger partial charge in [-0.05, 0) is 11.4 Å². The van der Waals surface area contributed by atoms with Crippen LogP contribution in [0.5, 0.6) is 0 Å². The highest BCUT2D eigenvalue weighted by molar-refractivity contribution is 7.14. The van der Waals surface area contributed by atoms with Crippen LogP contribution in [0.3, 0.4) is 0 Å². The molecule has 0 saturated heterocycles. The van der Waals surface area contributed by atoms with E-state index in [0.29, 0.717) is 4.34 Å². The molecule has 2 nitrogen and oxygen atoms in total. The number of rotatable bonds is 2. The average Bonchev–Trinajstić information content (AvgIpc) is 2.34. The fourth-order valence-corrected chi connectivity index (χ4v) is 1.50. The topological polar surface area (TPSA) is 37.3 Å². The molecule has 0 bridgehead atoms. The highest BCUT2D eigenvalue weighted by Crippen LogP contribution is 2.26. The molecule has 1 aromatic heterocycles. The molecular weight excluding hydrogens is 191 g/mol. The summed E-state index contributed by atoms with van der Waals surface area (Å²) < 4.78 is 13.0. The van der Waals surface area contributed by atoms with Crippen LogP contribution in [0.4, 0.5) is 4.39 Å². The lowest BCUT2D eigenvalue weighted by molar-refractivity contribution is -0.143. The quantitative estimate of drug-likeness (QED) is 0.786. The Kier molecular flexibility index (Phi) is 2.46. The number of carbonyl (C=O) groups is 1. The zero-order valence-corrected chi connectivity index (χ0v) is 6.82. The molecule has 0 radical (unpaired) electrons. The SMILES string of the molecule is O=C(O)C(F)c1csc(Cl)c1. The lowest BCUT2D eigenvalue weighted by Gasteiger charge is -1.96. The predicted molar refractivity (Wildman–Crippen MR) is 40.8 cm³/mol. The van der Waals surface area contributed by atoms with Crippen molar-refractivity contribution < 1.29 is 14.3 Å². The van der Waals surface area contributed by atoms with E-state index >= 15 is 0 Å². The van der Waals surface area contributed by atoms with E-state index in [4.69, 9.17) is 16.7 Å². The largest absolute Gasteiger partial charge is 0.479 e. The van der Waals surface area contributed by atoms with Gasteiger partial charge < -0.3 is 5.11 Å². The van der Waals surface area contributed by atoms with Gasteiger partial charge in [0.15, 0.2) is 0 Å². The van der Waals surface area contributed by atoms with Crippen LogP contribution >= 0.6 is 22.9 Å². The summed E-state index contributed by atoms with van der Waals surface area (Å²) in [7, 11) is 0. The molecule has 1 N–H and O–H groups in total. The van der Waals surface area contributed by atoms with Gasteiger partial charge in [-0.1, -0.05) is 11.6 Å². The molecule has 0 aliphatic heterocycles. The number of alkyl halides is 1. The lowest BCUT2D eigenvalue weighted by Crippen LogP contribution is -2.04. The van der Waals surface area contributed by atoms with Gasteiger partial charge in [0, 0.05) is 5.56 Å². The van der Waals surface area contributed by atoms with Crippen LogP contribution < -0.4 is 0 Å². The van der Waals surface area contributed by atoms with Crippen molar-refractivity contribution in [3.05, 3.63) is 21.3 Å². The zero-order chi connectivity index (χ0) is 8.43. The van der Waals surface area contributed by atoms with Crippen LogP contribution in [0.2, 0.25) is 4.34 Å². The Morgan fingerprint density at radius 2 is 2.45 bits per heavy atom. The zero-order valence-electron chi connectivity index (χ0n) is 5.25. The Bertz CT molecular complexity index is 273. The van der Waals surface area contributed by atoms with Crippen LogP contribution in [-0.2, 0) is 4.79 Å². The molecule has 5 heteroatoms. The van der Waals surface area contributed by atoms with Crippen molar-refractivity contribution in [2.45, 2.75) is 6.17 Å². The van der Waals surface area contributed by atoms with E-state index in [1.807, 2.05) is 0 Å². The first-order valence-corrected chi connectivity index (χ1v) is 3.98. The molecule has 60 valence electrons. The van der Waals surface area contributed by atoms with Crippen molar-refractivity contribution in [2.75, 3.05) is 0 Å². The van der Waals surface area contributed by atoms with Crippen molar-refractivity contribution in [2.24, 2.45) is 0 Å². The Hall–Kier alpha value is -0.610. The summed E-state index contributed by atoms with van der Waals surface area (Å²) in [4.78, 5) is 10.1. The molecular formula is C6H4ClFO2S. The minimum absolute atomic E-state index is 0.104. The van der Waals surface area contributed by atoms with Crippen LogP contribution in [0.25, 0.3) is 0 Å². The highest BCUT2D eigenvalue weighted by Gasteiger charge is 2.19. The average molecular weight is 195 g/mol. The molecule has 1 heterocycles. The molecule has 0 spiro atoms. The second kappa shape index (κ2) is 3.19. The van der Waals surface area contributed by atoms with Crippen LogP contribution in [0, 0.1) is 0 Å². The number of thiophene rings is 1. The maximum absolute atomic E-state index is 12.6. The number of carboxylic acids is 1. The van der Waals surface area contributed by atoms with E-state index in [-0.39, 0.29) is 5.56 Å². The van der Waals surface area contributed by atoms with E-state index in [0.717, 1.165) is 11.3 Å². The summed E-state index contributed by atoms with van der Waals surface area (Å²) in [5.41, 5.74) is 0.104. The Labute approximate surface area is 71.2 Å². The van der Waals surface area contributed by atoms with Gasteiger partial charge >= 0.3 is 5.97 Å². The van der Waals surface area contributed by atoms with Gasteiger partial charge in [-0.2, -0.15) is 0 Å². The molecule has 0 saturated carbocycles. The molecule has 1 atom stereocenters. The van der Waals surface area contributed by atoms with Crippen LogP contribution in [-0.4, -0.2) is 11.1 Å². The Morgan fingerprint density at radius 3 is 2.82 bits per heavy atom. The molecule has 0 aliphatic carbocycles. The monoisotopic (exact) mass is 194 g/mol. The van der Waals surface area contributed by atoms with Gasteiger partial charge in [0.05, 0.1) is 4.34 Å². The van der Waals surface area contributed by atoms with Crippen molar-refractivity contribution in [3.8, 4) is 0 Å². The summed E-state index contributed by atoms with van der Waals surface area (Å²) in [6.07, 6.45) is -1.96. The van der Waals surface area contributed by atoms with E-state index in [2.05, 4.69) is 0 Å². The van der Waals surface area contributed by atoms with Crippen LogP contribution in [0.15, 0.2) is 11.4 Å². The fraction of sp³-hybridized carbons (Fsp3) is 0.167. The third kappa shape index (κ3) is 1.91. The molecule has 11 heavy (non-hydrogen) atoms. The normalized spacial score (nSPS) is 12.9. The van der Waals surface area contributed by atoms with Crippen molar-refractivity contribution in [1.82, 2.24) is 0 Å². The second-order valence-corrected chi connectivity index (χ2v) is 3.43. The number of aliphatic carboxylic acids is 1. The molecule has 1 rings (SSSR count). The fourth-order valence-electron chi connectivity index (χ4n) is 0.599. The van der Waals surface area contributed by atoms with E-state index in [1.54, 1.807) is 0 Å². The van der Waals surface area contributed by atoms with E-state index in [9.17, 15) is 9.18 Å². The smallest absolute Gasteiger partial charge is 0.343 e. The van der Waals surface area contributed by atoms with Gasteiger partial charge in [-0.3, -0.25) is 0 Å². The number of halogens is 2. The Morgan fingerprint density at radius 1 is 1.82 bits per heavy atom. The Balaban J connectivity index is 2.84. The standard InChI is InChI=1S/C6H4ClFO2S/c7-4-1-3(2-11-4)5(8)6(9)10/h1-2,5H,(H,9,10). The molecule has 1 aromatic rings. The van der Waals surface area contributed by atoms with Crippen molar-refractivity contribution in [3.63, 3.8) is 0 Å². The third-order valence-corrected chi connectivity index (χ3v) is 2.21. The third-order valence-electron chi connectivity index (χ3n) is 1.10. The summed E-state index contributed by atoms with van der Waals surface area (Å²) >= 11 is 6.58. The van der Waals surface area contributed by atoms with E-state index in [1.165, 1.54) is 11.4 Å². The minimum atomic E-state index is -1.96. The molecule has 0 aliphatic rings. The van der Waals surface area contributed by atoms with Gasteiger partial charge in [0.2, 0.25) is 6.17 Å². The first-order valence-electron chi connectivity index (χ1n) is 2.72. The first kappa shape index (κ1) is 8.49. The van der Waals surface area contributed by atoms with Gasteiger partial charge in [0.25, 0.3) is 0 Å². The summed E-state index contributed by atoms with van der Waals surface area (Å²) in [6.45, 7) is 0. The number of hydrogen-bond donors (Lipinski definition) is 1. The minimum Gasteiger partial charge on any atom is -0.479 e. The number of carboxylic acid groups (broad SMARTS) is 1. The molecule has 0 amide bonds. The summed E-state index contributed by atoms with van der Waals surface area (Å²) in [5, 5.41) is 9.62. The van der Waals surface area contributed by atoms with Crippen LogP contribution in [0.1, 0.15) is 11.7 Å². The van der Waals surface area contributed by atoms with E-state index < -0.39 is 12.1 Å². The van der Waals surface area contributed by atoms with Crippen molar-refractivity contribution >= 4 is 28.9 Å². The van der Waals surface area contributed by atoms with Gasteiger partial charge in [-0.15, -0.1) is 11.3 Å². The lowest BCUT2D eigenvalue weighted by atomic mass is 10.2. The number of hydrogen-bond acceptors (Lipinski definition) is 2. The maximum Gasteiger partial charge on any atom is 0.343 e. The molecule has 1 unspecified atom stereocenters. The molecule has 0 aromatic carbocycles. The molecule has 0 fully saturated rings.